The maximum absolute atomic E-state index is 13.0. The Hall–Kier alpha value is -3.09. The summed E-state index contributed by atoms with van der Waals surface area (Å²) in [4.78, 5) is 37.4. The Balaban J connectivity index is 2.11. The van der Waals surface area contributed by atoms with Crippen LogP contribution in [-0.2, 0) is 15.7 Å². The average molecular weight is 339 g/mol. The van der Waals surface area contributed by atoms with Gasteiger partial charge in [-0.25, -0.2) is 19.4 Å². The molecule has 0 radical (unpaired) electrons. The number of carbonyl (C=O) groups is 3. The van der Waals surface area contributed by atoms with Crippen LogP contribution in [0.5, 0.6) is 0 Å². The van der Waals surface area contributed by atoms with E-state index in [1.165, 1.54) is 13.0 Å². The number of cyclic esters (lactones) is 1. The molecule has 0 bridgehead atoms. The van der Waals surface area contributed by atoms with E-state index in [1.54, 1.807) is 0 Å². The molecule has 124 valence electrons. The van der Waals surface area contributed by atoms with Crippen LogP contribution in [0.2, 0.25) is 0 Å². The van der Waals surface area contributed by atoms with Crippen LogP contribution in [-0.4, -0.2) is 35.1 Å². The fourth-order valence-electron chi connectivity index (χ4n) is 2.64. The van der Waals surface area contributed by atoms with E-state index in [2.05, 4.69) is 4.74 Å². The predicted octanol–water partition coefficient (Wildman–Crippen LogP) is 2.25. The van der Waals surface area contributed by atoms with Gasteiger partial charge in [-0.1, -0.05) is 0 Å². The second kappa shape index (κ2) is 4.70. The lowest BCUT2D eigenvalue weighted by Gasteiger charge is -2.18. The summed E-state index contributed by atoms with van der Waals surface area (Å²) in [7, 11) is 0. The standard InChI is InChI=1S/C14H8F3N3O4/c1-13-6-24-12(23)20(13)11(22)19(10(13)21)8-3-2-7(5-18)9(4-8)14(15,16)17/h2-4H,6H2,1H3. The molecular formula is C14H8F3N3O4. The number of amides is 4. The van der Waals surface area contributed by atoms with Crippen LogP contribution < -0.4 is 4.90 Å². The van der Waals surface area contributed by atoms with Gasteiger partial charge in [-0.3, -0.25) is 4.79 Å². The first-order valence-corrected chi connectivity index (χ1v) is 6.58. The second-order valence-electron chi connectivity index (χ2n) is 5.43. The molecule has 10 heteroatoms. The molecular weight excluding hydrogens is 331 g/mol. The van der Waals surface area contributed by atoms with Crippen molar-refractivity contribution in [2.24, 2.45) is 0 Å². The first-order valence-electron chi connectivity index (χ1n) is 6.58. The van der Waals surface area contributed by atoms with Crippen LogP contribution in [0.1, 0.15) is 18.1 Å². The molecule has 1 aromatic carbocycles. The Kier molecular flexibility index (Phi) is 3.09. The normalized spacial score (nSPS) is 23.4. The second-order valence-corrected chi connectivity index (χ2v) is 5.43. The van der Waals surface area contributed by atoms with Gasteiger partial charge in [0, 0.05) is 0 Å². The van der Waals surface area contributed by atoms with E-state index in [1.807, 2.05) is 0 Å². The zero-order valence-corrected chi connectivity index (χ0v) is 12.0. The largest absolute Gasteiger partial charge is 0.446 e. The summed E-state index contributed by atoms with van der Waals surface area (Å²) in [6.45, 7) is 0.905. The third kappa shape index (κ3) is 1.94. The van der Waals surface area contributed by atoms with Crippen molar-refractivity contribution in [3.05, 3.63) is 29.3 Å². The number of imide groups is 2. The summed E-state index contributed by atoms with van der Waals surface area (Å²) in [5, 5.41) is 8.78. The number of benzene rings is 1. The molecule has 3 rings (SSSR count). The fraction of sp³-hybridized carbons (Fsp3) is 0.286. The summed E-state index contributed by atoms with van der Waals surface area (Å²) in [5.74, 6) is -0.879. The molecule has 0 aliphatic carbocycles. The van der Waals surface area contributed by atoms with E-state index >= 15 is 0 Å². The van der Waals surface area contributed by atoms with Gasteiger partial charge in [0.15, 0.2) is 5.54 Å². The number of hydrogen-bond donors (Lipinski definition) is 0. The first kappa shape index (κ1) is 15.8. The number of fused-ring (bicyclic) bond motifs is 1. The number of halogens is 3. The minimum atomic E-state index is -4.84. The SMILES string of the molecule is CC12COC(=O)N1C(=O)N(c1ccc(C#N)c(C(F)(F)F)c1)C2=O. The zero-order chi connectivity index (χ0) is 17.9. The monoisotopic (exact) mass is 339 g/mol. The molecule has 2 saturated heterocycles. The van der Waals surface area contributed by atoms with Gasteiger partial charge in [0.25, 0.3) is 5.91 Å². The third-order valence-electron chi connectivity index (χ3n) is 3.89. The number of anilines is 1. The fourth-order valence-corrected chi connectivity index (χ4v) is 2.64. The van der Waals surface area contributed by atoms with Crippen molar-refractivity contribution >= 4 is 23.7 Å². The number of rotatable bonds is 1. The molecule has 7 nitrogen and oxygen atoms in total. The Bertz CT molecular complexity index is 830. The highest BCUT2D eigenvalue weighted by Gasteiger charge is 2.63. The van der Waals surface area contributed by atoms with Gasteiger partial charge in [0.05, 0.1) is 22.9 Å². The molecule has 2 aliphatic rings. The van der Waals surface area contributed by atoms with Gasteiger partial charge >= 0.3 is 18.3 Å². The number of alkyl halides is 3. The van der Waals surface area contributed by atoms with Crippen LogP contribution in [0.25, 0.3) is 0 Å². The molecule has 2 fully saturated rings. The van der Waals surface area contributed by atoms with E-state index < -0.39 is 40.9 Å². The number of urea groups is 1. The molecule has 1 atom stereocenters. The van der Waals surface area contributed by atoms with Crippen LogP contribution in [0.3, 0.4) is 0 Å². The van der Waals surface area contributed by atoms with E-state index in [0.29, 0.717) is 15.9 Å². The highest BCUT2D eigenvalue weighted by atomic mass is 19.4. The summed E-state index contributed by atoms with van der Waals surface area (Å²) in [6.07, 6.45) is -5.88. The Morgan fingerprint density at radius 1 is 1.29 bits per heavy atom. The summed E-state index contributed by atoms with van der Waals surface area (Å²) >= 11 is 0. The van der Waals surface area contributed by atoms with Crippen LogP contribution in [0.15, 0.2) is 18.2 Å². The third-order valence-corrected chi connectivity index (χ3v) is 3.89. The van der Waals surface area contributed by atoms with Crippen molar-refractivity contribution in [3.8, 4) is 6.07 Å². The summed E-state index contributed by atoms with van der Waals surface area (Å²) < 4.78 is 43.8. The smallest absolute Gasteiger partial charge is 0.419 e. The van der Waals surface area contributed by atoms with Gasteiger partial charge in [-0.15, -0.1) is 0 Å². The highest BCUT2D eigenvalue weighted by molar-refractivity contribution is 6.27. The van der Waals surface area contributed by atoms with Crippen molar-refractivity contribution in [2.75, 3.05) is 11.5 Å². The van der Waals surface area contributed by atoms with Gasteiger partial charge in [-0.2, -0.15) is 18.4 Å². The lowest BCUT2D eigenvalue weighted by Crippen LogP contribution is -2.45. The Morgan fingerprint density at radius 2 is 1.96 bits per heavy atom. The van der Waals surface area contributed by atoms with Gasteiger partial charge in [-0.05, 0) is 25.1 Å². The topological polar surface area (TPSA) is 90.7 Å². The van der Waals surface area contributed by atoms with Crippen LogP contribution in [0, 0.1) is 11.3 Å². The van der Waals surface area contributed by atoms with Crippen molar-refractivity contribution < 1.29 is 32.3 Å². The average Bonchev–Trinajstić information content (AvgIpc) is 2.92. The number of nitriles is 1. The molecule has 24 heavy (non-hydrogen) atoms. The maximum atomic E-state index is 13.0. The molecule has 0 aromatic heterocycles. The maximum Gasteiger partial charge on any atom is 0.419 e. The molecule has 2 heterocycles. The summed E-state index contributed by atoms with van der Waals surface area (Å²) in [6, 6.07) is 2.75. The number of hydrogen-bond acceptors (Lipinski definition) is 5. The molecule has 0 spiro atoms. The van der Waals surface area contributed by atoms with E-state index in [-0.39, 0.29) is 12.3 Å². The summed E-state index contributed by atoms with van der Waals surface area (Å²) in [5.41, 5.74) is -3.89. The Labute approximate surface area is 132 Å². The molecule has 1 aromatic rings. The lowest BCUT2D eigenvalue weighted by molar-refractivity contribution is -0.137. The molecule has 0 saturated carbocycles. The van der Waals surface area contributed by atoms with E-state index in [0.717, 1.165) is 12.1 Å². The van der Waals surface area contributed by atoms with Gasteiger partial charge < -0.3 is 4.74 Å². The lowest BCUT2D eigenvalue weighted by atomic mass is 10.0. The first-order chi connectivity index (χ1) is 11.1. The Morgan fingerprint density at radius 3 is 2.50 bits per heavy atom. The zero-order valence-electron chi connectivity index (χ0n) is 12.0. The van der Waals surface area contributed by atoms with Crippen LogP contribution >= 0.6 is 0 Å². The molecule has 4 amide bonds. The molecule has 0 N–H and O–H groups in total. The number of carbonyl (C=O) groups excluding carboxylic acids is 3. The molecule has 2 aliphatic heterocycles. The quantitative estimate of drug-likeness (QED) is 0.732. The highest BCUT2D eigenvalue weighted by Crippen LogP contribution is 2.39. The van der Waals surface area contributed by atoms with Gasteiger partial charge in [0.1, 0.15) is 6.61 Å². The molecule has 1 unspecified atom stereocenters. The predicted molar refractivity (Wildman–Crippen MR) is 70.6 cm³/mol. The van der Waals surface area contributed by atoms with Gasteiger partial charge in [0.2, 0.25) is 0 Å². The minimum absolute atomic E-state index is 0.375. The number of nitrogens with zero attached hydrogens (tertiary/aromatic N) is 3. The minimum Gasteiger partial charge on any atom is -0.446 e. The van der Waals surface area contributed by atoms with E-state index in [4.69, 9.17) is 5.26 Å². The van der Waals surface area contributed by atoms with Crippen molar-refractivity contribution in [1.29, 1.82) is 5.26 Å². The van der Waals surface area contributed by atoms with Crippen molar-refractivity contribution in [1.82, 2.24) is 4.90 Å². The van der Waals surface area contributed by atoms with Crippen LogP contribution in [0.4, 0.5) is 28.4 Å². The van der Waals surface area contributed by atoms with Crippen molar-refractivity contribution in [2.45, 2.75) is 18.6 Å². The van der Waals surface area contributed by atoms with Crippen molar-refractivity contribution in [3.63, 3.8) is 0 Å². The van der Waals surface area contributed by atoms with E-state index in [9.17, 15) is 27.6 Å². The number of ether oxygens (including phenoxy) is 1.